The number of nitrogens with zero attached hydrogens (tertiary/aromatic N) is 2. The number of amides is 1. The van der Waals surface area contributed by atoms with Gasteiger partial charge in [-0.05, 0) is 32.9 Å². The van der Waals surface area contributed by atoms with Gasteiger partial charge in [-0.1, -0.05) is 17.3 Å². The van der Waals surface area contributed by atoms with Crippen molar-refractivity contribution < 1.29 is 17.7 Å². The van der Waals surface area contributed by atoms with Gasteiger partial charge in [-0.3, -0.25) is 9.10 Å². The van der Waals surface area contributed by atoms with Crippen LogP contribution < -0.4 is 9.62 Å². The van der Waals surface area contributed by atoms with Gasteiger partial charge in [0.15, 0.2) is 10.7 Å². The Balaban J connectivity index is 2.23. The van der Waals surface area contributed by atoms with E-state index < -0.39 is 16.1 Å². The number of hydrogen-bond acceptors (Lipinski definition) is 5. The number of benzene rings is 1. The molecule has 1 aliphatic heterocycles. The van der Waals surface area contributed by atoms with Crippen molar-refractivity contribution in [3.63, 3.8) is 0 Å². The third-order valence-electron chi connectivity index (χ3n) is 3.78. The minimum Gasteiger partial charge on any atom is -0.360 e. The van der Waals surface area contributed by atoms with Crippen molar-refractivity contribution in [2.24, 2.45) is 0 Å². The molecule has 1 atom stereocenters. The molecule has 0 aliphatic carbocycles. The van der Waals surface area contributed by atoms with Crippen LogP contribution in [0.5, 0.6) is 0 Å². The van der Waals surface area contributed by atoms with Gasteiger partial charge in [0.1, 0.15) is 5.69 Å². The predicted molar refractivity (Wildman–Crippen MR) is 84.8 cm³/mol. The predicted octanol–water partition coefficient (Wildman–Crippen LogP) is 2.22. The molecule has 0 spiro atoms. The summed E-state index contributed by atoms with van der Waals surface area (Å²) in [5.74, 6) is 0.0112. The maximum Gasteiger partial charge on any atom is 0.270 e. The molecule has 23 heavy (non-hydrogen) atoms. The normalized spacial score (nSPS) is 18.3. The summed E-state index contributed by atoms with van der Waals surface area (Å²) in [6.07, 6.45) is 0.0668. The average Bonchev–Trinajstić information content (AvgIpc) is 2.73. The van der Waals surface area contributed by atoms with Gasteiger partial charge in [0.25, 0.3) is 10.0 Å². The number of hydrogen-bond donors (Lipinski definition) is 1. The number of carbonyl (C=O) groups excluding carboxylic acids is 1. The quantitative estimate of drug-likeness (QED) is 0.908. The number of aryl methyl sites for hydroxylation is 2. The van der Waals surface area contributed by atoms with Crippen LogP contribution in [0.4, 0.5) is 11.4 Å². The van der Waals surface area contributed by atoms with Gasteiger partial charge < -0.3 is 9.84 Å². The van der Waals surface area contributed by atoms with E-state index in [1.165, 1.54) is 4.31 Å². The molecular weight excluding hydrogens is 318 g/mol. The zero-order valence-corrected chi connectivity index (χ0v) is 13.8. The van der Waals surface area contributed by atoms with E-state index >= 15 is 0 Å². The second kappa shape index (κ2) is 5.38. The minimum atomic E-state index is -3.90. The van der Waals surface area contributed by atoms with Crippen molar-refractivity contribution in [1.82, 2.24) is 5.16 Å². The Morgan fingerprint density at radius 3 is 2.65 bits per heavy atom. The highest BCUT2D eigenvalue weighted by Crippen LogP contribution is 2.36. The molecule has 0 radical (unpaired) electrons. The van der Waals surface area contributed by atoms with Gasteiger partial charge in [-0.2, -0.15) is 0 Å². The van der Waals surface area contributed by atoms with Crippen LogP contribution in [0.2, 0.25) is 0 Å². The molecule has 1 amide bonds. The SMILES string of the molecule is Cc1noc(C)c1S(=O)(=O)N1c2ccccc2NC(=O)C[C@@H]1C. The molecule has 0 saturated carbocycles. The Hall–Kier alpha value is -2.35. The van der Waals surface area contributed by atoms with E-state index in [0.29, 0.717) is 17.1 Å². The summed E-state index contributed by atoms with van der Waals surface area (Å²) in [7, 11) is -3.90. The molecule has 0 bridgehead atoms. The lowest BCUT2D eigenvalue weighted by molar-refractivity contribution is -0.116. The number of rotatable bonds is 2. The molecule has 1 aliphatic rings. The minimum absolute atomic E-state index is 0.0495. The Labute approximate surface area is 134 Å². The molecule has 2 aromatic rings. The van der Waals surface area contributed by atoms with Crippen LogP contribution in [-0.4, -0.2) is 25.5 Å². The summed E-state index contributed by atoms with van der Waals surface area (Å²) in [6.45, 7) is 4.85. The molecule has 1 aromatic carbocycles. The lowest BCUT2D eigenvalue weighted by Gasteiger charge is -2.28. The molecule has 1 aromatic heterocycles. The van der Waals surface area contributed by atoms with Gasteiger partial charge >= 0.3 is 0 Å². The first-order valence-electron chi connectivity index (χ1n) is 7.18. The first kappa shape index (κ1) is 15.5. The summed E-state index contributed by atoms with van der Waals surface area (Å²) in [6, 6.07) is 6.31. The van der Waals surface area contributed by atoms with Gasteiger partial charge in [0, 0.05) is 6.42 Å². The van der Waals surface area contributed by atoms with Crippen molar-refractivity contribution in [2.75, 3.05) is 9.62 Å². The average molecular weight is 335 g/mol. The standard InChI is InChI=1S/C15H17N3O4S/c1-9-8-14(19)16-12-6-4-5-7-13(12)18(9)23(20,21)15-10(2)17-22-11(15)3/h4-7,9H,8H2,1-3H3,(H,16,19)/t9-/m0/s1. The molecule has 7 nitrogen and oxygen atoms in total. The van der Waals surface area contributed by atoms with E-state index in [0.717, 1.165) is 0 Å². The highest BCUT2D eigenvalue weighted by atomic mass is 32.2. The fourth-order valence-corrected chi connectivity index (χ4v) is 4.84. The number of nitrogens with one attached hydrogen (secondary N) is 1. The van der Waals surface area contributed by atoms with Crippen LogP contribution in [0.1, 0.15) is 24.8 Å². The van der Waals surface area contributed by atoms with Crippen molar-refractivity contribution in [3.8, 4) is 0 Å². The second-order valence-electron chi connectivity index (χ2n) is 5.57. The van der Waals surface area contributed by atoms with Gasteiger partial charge in [-0.25, -0.2) is 8.42 Å². The van der Waals surface area contributed by atoms with Gasteiger partial charge in [0.05, 0.1) is 17.4 Å². The Morgan fingerprint density at radius 2 is 2.00 bits per heavy atom. The van der Waals surface area contributed by atoms with E-state index in [1.807, 2.05) is 0 Å². The number of aromatic nitrogens is 1. The Kier molecular flexibility index (Phi) is 3.63. The molecule has 8 heteroatoms. The molecule has 3 rings (SSSR count). The van der Waals surface area contributed by atoms with Crippen molar-refractivity contribution in [3.05, 3.63) is 35.7 Å². The summed E-state index contributed by atoms with van der Waals surface area (Å²) in [4.78, 5) is 12.0. The van der Waals surface area contributed by atoms with Crippen molar-refractivity contribution >= 4 is 27.3 Å². The lowest BCUT2D eigenvalue weighted by Crippen LogP contribution is -2.39. The number of carbonyl (C=O) groups is 1. The number of sulfonamides is 1. The van der Waals surface area contributed by atoms with Crippen LogP contribution in [0.15, 0.2) is 33.7 Å². The smallest absolute Gasteiger partial charge is 0.270 e. The maximum absolute atomic E-state index is 13.2. The fraction of sp³-hybridized carbons (Fsp3) is 0.333. The first-order valence-corrected chi connectivity index (χ1v) is 8.62. The Morgan fingerprint density at radius 1 is 1.30 bits per heavy atom. The molecule has 0 saturated heterocycles. The number of anilines is 2. The van der Waals surface area contributed by atoms with E-state index in [9.17, 15) is 13.2 Å². The third-order valence-corrected chi connectivity index (χ3v) is 5.95. The lowest BCUT2D eigenvalue weighted by atomic mass is 10.2. The molecular formula is C15H17N3O4S. The highest BCUT2D eigenvalue weighted by molar-refractivity contribution is 7.93. The van der Waals surface area contributed by atoms with Gasteiger partial charge in [0.2, 0.25) is 5.91 Å². The number of para-hydroxylation sites is 2. The van der Waals surface area contributed by atoms with Crippen LogP contribution >= 0.6 is 0 Å². The maximum atomic E-state index is 13.2. The fourth-order valence-electron chi connectivity index (χ4n) is 2.87. The summed E-state index contributed by atoms with van der Waals surface area (Å²) in [5, 5.41) is 6.48. The summed E-state index contributed by atoms with van der Waals surface area (Å²) in [5.41, 5.74) is 1.21. The van der Waals surface area contributed by atoms with Crippen LogP contribution in [0, 0.1) is 13.8 Å². The number of fused-ring (bicyclic) bond motifs is 1. The molecule has 0 unspecified atom stereocenters. The molecule has 1 N–H and O–H groups in total. The molecule has 2 heterocycles. The van der Waals surface area contributed by atoms with Crippen LogP contribution in [0.25, 0.3) is 0 Å². The van der Waals surface area contributed by atoms with E-state index in [2.05, 4.69) is 10.5 Å². The van der Waals surface area contributed by atoms with E-state index in [4.69, 9.17) is 4.52 Å². The summed E-state index contributed by atoms with van der Waals surface area (Å²) < 4.78 is 32.7. The van der Waals surface area contributed by atoms with Crippen LogP contribution in [-0.2, 0) is 14.8 Å². The molecule has 122 valence electrons. The second-order valence-corrected chi connectivity index (χ2v) is 7.32. The van der Waals surface area contributed by atoms with Gasteiger partial charge in [-0.15, -0.1) is 0 Å². The highest BCUT2D eigenvalue weighted by Gasteiger charge is 2.37. The summed E-state index contributed by atoms with van der Waals surface area (Å²) >= 11 is 0. The largest absolute Gasteiger partial charge is 0.360 e. The van der Waals surface area contributed by atoms with E-state index in [-0.39, 0.29) is 23.0 Å². The molecule has 0 fully saturated rings. The third kappa shape index (κ3) is 2.48. The Bertz CT molecular complexity index is 853. The van der Waals surface area contributed by atoms with Crippen molar-refractivity contribution in [2.45, 2.75) is 38.1 Å². The topological polar surface area (TPSA) is 92.5 Å². The zero-order valence-electron chi connectivity index (χ0n) is 13.0. The van der Waals surface area contributed by atoms with Crippen molar-refractivity contribution in [1.29, 1.82) is 0 Å². The van der Waals surface area contributed by atoms with E-state index in [1.54, 1.807) is 45.0 Å². The first-order chi connectivity index (χ1) is 10.8. The van der Waals surface area contributed by atoms with Crippen LogP contribution in [0.3, 0.4) is 0 Å². The zero-order chi connectivity index (χ0) is 16.8. The monoisotopic (exact) mass is 335 g/mol.